The smallest absolute Gasteiger partial charge is 0.192 e. The second-order valence-electron chi connectivity index (χ2n) is 8.43. The SMILES string of the molecule is CC(C)(c1ccccc1)/[N+]([O-])=C/c1ccc(/C=[N+](\[O-])C(C)(C)c2ccccc2)cc1. The molecule has 3 rings (SSSR count). The molecule has 0 aromatic heterocycles. The zero-order valence-electron chi connectivity index (χ0n) is 17.9. The lowest BCUT2D eigenvalue weighted by molar-refractivity contribution is -0.545. The van der Waals surface area contributed by atoms with E-state index in [0.717, 1.165) is 31.7 Å². The highest BCUT2D eigenvalue weighted by Crippen LogP contribution is 2.24. The first kappa shape index (κ1) is 21.3. The fourth-order valence-electron chi connectivity index (χ4n) is 3.21. The first-order valence-electron chi connectivity index (χ1n) is 10.0. The molecule has 0 atom stereocenters. The van der Waals surface area contributed by atoms with E-state index in [1.807, 2.05) is 113 Å². The molecule has 0 fully saturated rings. The second-order valence-corrected chi connectivity index (χ2v) is 8.43. The maximum absolute atomic E-state index is 12.8. The van der Waals surface area contributed by atoms with Crippen molar-refractivity contribution in [1.82, 2.24) is 0 Å². The van der Waals surface area contributed by atoms with E-state index in [2.05, 4.69) is 0 Å². The Morgan fingerprint density at radius 1 is 0.533 bits per heavy atom. The van der Waals surface area contributed by atoms with Gasteiger partial charge in [0.2, 0.25) is 0 Å². The third-order valence-electron chi connectivity index (χ3n) is 5.53. The van der Waals surface area contributed by atoms with Gasteiger partial charge in [0.25, 0.3) is 0 Å². The van der Waals surface area contributed by atoms with E-state index >= 15 is 0 Å². The van der Waals surface area contributed by atoms with Crippen LogP contribution in [0.2, 0.25) is 0 Å². The summed E-state index contributed by atoms with van der Waals surface area (Å²) in [7, 11) is 0. The van der Waals surface area contributed by atoms with Gasteiger partial charge in [-0.3, -0.25) is 0 Å². The minimum Gasteiger partial charge on any atom is -0.623 e. The largest absolute Gasteiger partial charge is 0.623 e. The summed E-state index contributed by atoms with van der Waals surface area (Å²) >= 11 is 0. The van der Waals surface area contributed by atoms with Crippen molar-refractivity contribution >= 4 is 12.4 Å². The minimum atomic E-state index is -0.683. The second kappa shape index (κ2) is 8.54. The normalized spacial score (nSPS) is 13.3. The van der Waals surface area contributed by atoms with E-state index < -0.39 is 11.1 Å². The third-order valence-corrected chi connectivity index (χ3v) is 5.53. The molecule has 0 saturated carbocycles. The van der Waals surface area contributed by atoms with E-state index in [1.165, 1.54) is 0 Å². The quantitative estimate of drug-likeness (QED) is 0.240. The molecule has 4 nitrogen and oxygen atoms in total. The van der Waals surface area contributed by atoms with Crippen LogP contribution in [0.15, 0.2) is 84.9 Å². The average molecular weight is 401 g/mol. The van der Waals surface area contributed by atoms with Gasteiger partial charge in [-0.1, -0.05) is 60.7 Å². The number of nitrogens with zero attached hydrogens (tertiary/aromatic N) is 2. The molecule has 0 radical (unpaired) electrons. The number of hydrogen-bond acceptors (Lipinski definition) is 2. The van der Waals surface area contributed by atoms with Crippen LogP contribution in [0.25, 0.3) is 0 Å². The van der Waals surface area contributed by atoms with E-state index in [4.69, 9.17) is 0 Å². The molecule has 0 aliphatic carbocycles. The summed E-state index contributed by atoms with van der Waals surface area (Å²) in [5.74, 6) is 0. The van der Waals surface area contributed by atoms with Crippen LogP contribution < -0.4 is 0 Å². The molecule has 0 aliphatic heterocycles. The molecule has 0 aliphatic rings. The molecule has 4 heteroatoms. The highest BCUT2D eigenvalue weighted by Gasteiger charge is 2.29. The van der Waals surface area contributed by atoms with Crippen molar-refractivity contribution < 1.29 is 9.48 Å². The third kappa shape index (κ3) is 4.60. The molecule has 0 spiro atoms. The number of hydrogen-bond donors (Lipinski definition) is 0. The van der Waals surface area contributed by atoms with Gasteiger partial charge in [-0.15, -0.1) is 0 Å². The number of benzene rings is 3. The predicted molar refractivity (Wildman–Crippen MR) is 123 cm³/mol. The van der Waals surface area contributed by atoms with Crippen LogP contribution in [0, 0.1) is 10.4 Å². The fraction of sp³-hybridized carbons (Fsp3) is 0.231. The van der Waals surface area contributed by atoms with Crippen LogP contribution in [-0.2, 0) is 11.1 Å². The molecule has 0 bridgehead atoms. The first-order valence-corrected chi connectivity index (χ1v) is 10.0. The Morgan fingerprint density at radius 2 is 0.833 bits per heavy atom. The summed E-state index contributed by atoms with van der Waals surface area (Å²) in [6, 6.07) is 26.8. The van der Waals surface area contributed by atoms with Crippen molar-refractivity contribution in [2.75, 3.05) is 0 Å². The van der Waals surface area contributed by atoms with Crippen molar-refractivity contribution in [2.24, 2.45) is 0 Å². The van der Waals surface area contributed by atoms with Gasteiger partial charge in [0.05, 0.1) is 0 Å². The molecular weight excluding hydrogens is 372 g/mol. The molecule has 0 amide bonds. The van der Waals surface area contributed by atoms with Crippen LogP contribution in [0.4, 0.5) is 0 Å². The Morgan fingerprint density at radius 3 is 1.13 bits per heavy atom. The van der Waals surface area contributed by atoms with Crippen LogP contribution in [0.5, 0.6) is 0 Å². The van der Waals surface area contributed by atoms with E-state index in [0.29, 0.717) is 0 Å². The maximum Gasteiger partial charge on any atom is 0.192 e. The molecule has 154 valence electrons. The van der Waals surface area contributed by atoms with Crippen LogP contribution >= 0.6 is 0 Å². The zero-order chi connectivity index (χ0) is 21.8. The highest BCUT2D eigenvalue weighted by atomic mass is 16.5. The monoisotopic (exact) mass is 400 g/mol. The van der Waals surface area contributed by atoms with Gasteiger partial charge >= 0.3 is 0 Å². The summed E-state index contributed by atoms with van der Waals surface area (Å²) in [5.41, 5.74) is 2.10. The fourth-order valence-corrected chi connectivity index (χ4v) is 3.21. The van der Waals surface area contributed by atoms with Crippen molar-refractivity contribution in [3.05, 3.63) is 118 Å². The average Bonchev–Trinajstić information content (AvgIpc) is 2.76. The van der Waals surface area contributed by atoms with E-state index in [1.54, 1.807) is 12.4 Å². The molecule has 3 aromatic rings. The number of hydroxylamine groups is 2. The topological polar surface area (TPSA) is 52.1 Å². The number of rotatable bonds is 6. The molecule has 0 heterocycles. The van der Waals surface area contributed by atoms with Crippen molar-refractivity contribution in [3.8, 4) is 0 Å². The Balaban J connectivity index is 1.81. The molecule has 0 unspecified atom stereocenters. The standard InChI is InChI=1S/C26H28N2O2/c1-25(2,23-11-7-5-8-12-23)27(29)19-21-15-17-22(18-16-21)20-28(30)26(3,4)24-13-9-6-10-14-24/h5-20H,1-4H3/b27-19-,28-20-. The Kier molecular flexibility index (Phi) is 6.06. The molecule has 30 heavy (non-hydrogen) atoms. The van der Waals surface area contributed by atoms with Gasteiger partial charge in [0, 0.05) is 49.9 Å². The lowest BCUT2D eigenvalue weighted by Gasteiger charge is -2.24. The molecular formula is C26H28N2O2. The van der Waals surface area contributed by atoms with Gasteiger partial charge in [-0.05, 0) is 24.3 Å². The van der Waals surface area contributed by atoms with Crippen LogP contribution in [0.3, 0.4) is 0 Å². The minimum absolute atomic E-state index is 0.683. The molecule has 0 N–H and O–H groups in total. The van der Waals surface area contributed by atoms with Crippen molar-refractivity contribution in [3.63, 3.8) is 0 Å². The first-order chi connectivity index (χ1) is 14.2. The summed E-state index contributed by atoms with van der Waals surface area (Å²) < 4.78 is 1.94. The van der Waals surface area contributed by atoms with E-state index in [-0.39, 0.29) is 0 Å². The lowest BCUT2D eigenvalue weighted by Crippen LogP contribution is -2.31. The Labute approximate surface area is 178 Å². The van der Waals surface area contributed by atoms with Gasteiger partial charge in [0.1, 0.15) is 0 Å². The Bertz CT molecular complexity index is 949. The van der Waals surface area contributed by atoms with Crippen molar-refractivity contribution in [2.45, 2.75) is 38.8 Å². The van der Waals surface area contributed by atoms with Gasteiger partial charge in [-0.2, -0.15) is 0 Å². The summed E-state index contributed by atoms with van der Waals surface area (Å²) in [6.45, 7) is 7.59. The highest BCUT2D eigenvalue weighted by molar-refractivity contribution is 5.80. The lowest BCUT2D eigenvalue weighted by atomic mass is 9.94. The van der Waals surface area contributed by atoms with Crippen LogP contribution in [0.1, 0.15) is 49.9 Å². The van der Waals surface area contributed by atoms with E-state index in [9.17, 15) is 10.4 Å². The van der Waals surface area contributed by atoms with Crippen molar-refractivity contribution in [1.29, 1.82) is 0 Å². The zero-order valence-corrected chi connectivity index (χ0v) is 17.9. The predicted octanol–water partition coefficient (Wildman–Crippen LogP) is 5.42. The summed E-state index contributed by atoms with van der Waals surface area (Å²) in [4.78, 5) is 0. The molecule has 3 aromatic carbocycles. The maximum atomic E-state index is 12.8. The van der Waals surface area contributed by atoms with Crippen LogP contribution in [-0.4, -0.2) is 21.9 Å². The summed E-state index contributed by atoms with van der Waals surface area (Å²) in [5, 5.41) is 25.6. The van der Waals surface area contributed by atoms with Gasteiger partial charge < -0.3 is 10.4 Å². The Hall–Kier alpha value is -3.40. The van der Waals surface area contributed by atoms with Gasteiger partial charge in [-0.25, -0.2) is 9.48 Å². The summed E-state index contributed by atoms with van der Waals surface area (Å²) in [6.07, 6.45) is 3.17. The molecule has 0 saturated heterocycles. The van der Waals surface area contributed by atoms with Gasteiger partial charge in [0.15, 0.2) is 23.5 Å².